The van der Waals surface area contributed by atoms with Gasteiger partial charge in [0.1, 0.15) is 0 Å². The molecule has 6 heteroatoms. The molecule has 2 rings (SSSR count). The number of hydrogen-bond donors (Lipinski definition) is 1. The van der Waals surface area contributed by atoms with Crippen LogP contribution in [0.2, 0.25) is 0 Å². The van der Waals surface area contributed by atoms with Gasteiger partial charge in [0.15, 0.2) is 0 Å². The van der Waals surface area contributed by atoms with Crippen LogP contribution in [0.5, 0.6) is 0 Å². The Bertz CT molecular complexity index is 339. The van der Waals surface area contributed by atoms with Crippen molar-refractivity contribution in [2.75, 3.05) is 19.8 Å². The van der Waals surface area contributed by atoms with E-state index in [9.17, 15) is 8.42 Å². The van der Waals surface area contributed by atoms with Crippen LogP contribution in [-0.4, -0.2) is 43.9 Å². The van der Waals surface area contributed by atoms with Crippen LogP contribution in [0.15, 0.2) is 0 Å². The van der Waals surface area contributed by atoms with Crippen molar-refractivity contribution in [1.82, 2.24) is 4.31 Å². The minimum atomic E-state index is -3.23. The monoisotopic (exact) mass is 262 g/mol. The van der Waals surface area contributed by atoms with Crippen LogP contribution < -0.4 is 5.73 Å². The van der Waals surface area contributed by atoms with E-state index in [0.29, 0.717) is 32.6 Å². The lowest BCUT2D eigenvalue weighted by molar-refractivity contribution is 0.0968. The average molecular weight is 262 g/mol. The topological polar surface area (TPSA) is 72.6 Å². The predicted molar refractivity (Wildman–Crippen MR) is 65.9 cm³/mol. The first-order valence-electron chi connectivity index (χ1n) is 6.46. The molecule has 2 aliphatic heterocycles. The van der Waals surface area contributed by atoms with E-state index in [2.05, 4.69) is 0 Å². The molecule has 1 atom stereocenters. The first-order chi connectivity index (χ1) is 8.12. The molecule has 2 fully saturated rings. The third kappa shape index (κ3) is 2.99. The SMILES string of the molecule is NC1CCCCCN1S(=O)(=O)C1CCOCC1. The summed E-state index contributed by atoms with van der Waals surface area (Å²) >= 11 is 0. The minimum absolute atomic E-state index is 0.291. The van der Waals surface area contributed by atoms with Crippen molar-refractivity contribution in [1.29, 1.82) is 0 Å². The summed E-state index contributed by atoms with van der Waals surface area (Å²) in [6.45, 7) is 1.68. The Labute approximate surface area is 103 Å². The van der Waals surface area contributed by atoms with Crippen molar-refractivity contribution in [3.63, 3.8) is 0 Å². The summed E-state index contributed by atoms with van der Waals surface area (Å²) in [5.41, 5.74) is 5.99. The largest absolute Gasteiger partial charge is 0.381 e. The van der Waals surface area contributed by atoms with E-state index in [1.807, 2.05) is 0 Å². The van der Waals surface area contributed by atoms with Gasteiger partial charge in [-0.3, -0.25) is 0 Å². The van der Waals surface area contributed by atoms with Crippen LogP contribution in [0.3, 0.4) is 0 Å². The second-order valence-electron chi connectivity index (χ2n) is 4.88. The Morgan fingerprint density at radius 2 is 1.76 bits per heavy atom. The Morgan fingerprint density at radius 3 is 2.47 bits per heavy atom. The van der Waals surface area contributed by atoms with Crippen molar-refractivity contribution in [3.8, 4) is 0 Å². The van der Waals surface area contributed by atoms with Crippen LogP contribution in [0.25, 0.3) is 0 Å². The smallest absolute Gasteiger partial charge is 0.218 e. The van der Waals surface area contributed by atoms with Crippen molar-refractivity contribution in [3.05, 3.63) is 0 Å². The quantitative estimate of drug-likeness (QED) is 0.793. The minimum Gasteiger partial charge on any atom is -0.381 e. The second-order valence-corrected chi connectivity index (χ2v) is 7.05. The fourth-order valence-electron chi connectivity index (χ4n) is 2.59. The summed E-state index contributed by atoms with van der Waals surface area (Å²) in [6.07, 6.45) is 4.69. The zero-order valence-electron chi connectivity index (χ0n) is 10.2. The van der Waals surface area contributed by atoms with Crippen LogP contribution >= 0.6 is 0 Å². The van der Waals surface area contributed by atoms with Gasteiger partial charge in [-0.05, 0) is 25.7 Å². The molecule has 0 radical (unpaired) electrons. The molecule has 0 bridgehead atoms. The summed E-state index contributed by atoms with van der Waals surface area (Å²) in [7, 11) is -3.23. The van der Waals surface area contributed by atoms with Gasteiger partial charge >= 0.3 is 0 Å². The normalized spacial score (nSPS) is 30.1. The third-order valence-corrected chi connectivity index (χ3v) is 6.09. The summed E-state index contributed by atoms with van der Waals surface area (Å²) in [4.78, 5) is 0. The van der Waals surface area contributed by atoms with Gasteiger partial charge in [0, 0.05) is 19.8 Å². The van der Waals surface area contributed by atoms with E-state index >= 15 is 0 Å². The van der Waals surface area contributed by atoms with Gasteiger partial charge in [0.05, 0.1) is 11.4 Å². The molecule has 2 saturated heterocycles. The van der Waals surface area contributed by atoms with Crippen molar-refractivity contribution >= 4 is 10.0 Å². The molecule has 0 aromatic heterocycles. The van der Waals surface area contributed by atoms with Crippen molar-refractivity contribution in [2.45, 2.75) is 49.9 Å². The summed E-state index contributed by atoms with van der Waals surface area (Å²) < 4.78 is 31.7. The Kier molecular flexibility index (Phi) is 4.41. The Balaban J connectivity index is 2.11. The molecule has 0 spiro atoms. The third-order valence-electron chi connectivity index (χ3n) is 3.66. The van der Waals surface area contributed by atoms with Crippen molar-refractivity contribution in [2.24, 2.45) is 5.73 Å². The van der Waals surface area contributed by atoms with Crippen LogP contribution in [0.4, 0.5) is 0 Å². The highest BCUT2D eigenvalue weighted by Crippen LogP contribution is 2.24. The molecule has 0 aliphatic carbocycles. The molecule has 100 valence electrons. The second kappa shape index (κ2) is 5.65. The highest BCUT2D eigenvalue weighted by Gasteiger charge is 2.36. The van der Waals surface area contributed by atoms with Gasteiger partial charge in [-0.15, -0.1) is 0 Å². The standard InChI is InChI=1S/C11H22N2O3S/c12-11-4-2-1-3-7-13(11)17(14,15)10-5-8-16-9-6-10/h10-11H,1-9,12H2. The number of nitrogens with zero attached hydrogens (tertiary/aromatic N) is 1. The van der Waals surface area contributed by atoms with Gasteiger partial charge in [-0.2, -0.15) is 4.31 Å². The molecule has 2 aliphatic rings. The highest BCUT2D eigenvalue weighted by atomic mass is 32.2. The first-order valence-corrected chi connectivity index (χ1v) is 7.96. The Hall–Kier alpha value is -0.170. The number of nitrogens with two attached hydrogens (primary N) is 1. The predicted octanol–water partition coefficient (Wildman–Crippen LogP) is 0.656. The lowest BCUT2D eigenvalue weighted by Gasteiger charge is -2.32. The number of rotatable bonds is 2. The van der Waals surface area contributed by atoms with Gasteiger partial charge in [-0.25, -0.2) is 8.42 Å². The fourth-order valence-corrected chi connectivity index (χ4v) is 4.63. The molecule has 5 nitrogen and oxygen atoms in total. The highest BCUT2D eigenvalue weighted by molar-refractivity contribution is 7.89. The fraction of sp³-hybridized carbons (Fsp3) is 1.00. The number of sulfonamides is 1. The van der Waals surface area contributed by atoms with E-state index < -0.39 is 10.0 Å². The zero-order chi connectivity index (χ0) is 12.3. The molecule has 0 saturated carbocycles. The van der Waals surface area contributed by atoms with Gasteiger partial charge in [0.25, 0.3) is 0 Å². The van der Waals surface area contributed by atoms with E-state index in [1.165, 1.54) is 4.31 Å². The molecule has 0 aromatic carbocycles. The summed E-state index contributed by atoms with van der Waals surface area (Å²) in [5, 5.41) is -0.291. The molecular formula is C11H22N2O3S. The van der Waals surface area contributed by atoms with Gasteiger partial charge in [-0.1, -0.05) is 12.8 Å². The van der Waals surface area contributed by atoms with E-state index in [-0.39, 0.29) is 11.4 Å². The van der Waals surface area contributed by atoms with Crippen LogP contribution in [0.1, 0.15) is 38.5 Å². The lowest BCUT2D eigenvalue weighted by atomic mass is 10.2. The maximum absolute atomic E-state index is 12.5. The molecule has 2 N–H and O–H groups in total. The van der Waals surface area contributed by atoms with Gasteiger partial charge < -0.3 is 10.5 Å². The first kappa shape index (κ1) is 13.3. The molecule has 0 amide bonds. The maximum atomic E-state index is 12.5. The van der Waals surface area contributed by atoms with Crippen LogP contribution in [-0.2, 0) is 14.8 Å². The molecule has 0 aromatic rings. The van der Waals surface area contributed by atoms with E-state index in [4.69, 9.17) is 10.5 Å². The molecular weight excluding hydrogens is 240 g/mol. The average Bonchev–Trinajstić information content (AvgIpc) is 2.55. The molecule has 17 heavy (non-hydrogen) atoms. The van der Waals surface area contributed by atoms with Crippen LogP contribution in [0, 0.1) is 0 Å². The summed E-state index contributed by atoms with van der Waals surface area (Å²) in [5.74, 6) is 0. The lowest BCUT2D eigenvalue weighted by Crippen LogP contribution is -2.50. The molecule has 2 heterocycles. The van der Waals surface area contributed by atoms with Gasteiger partial charge in [0.2, 0.25) is 10.0 Å². The summed E-state index contributed by atoms with van der Waals surface area (Å²) in [6, 6.07) is 0. The van der Waals surface area contributed by atoms with E-state index in [1.54, 1.807) is 0 Å². The molecule has 1 unspecified atom stereocenters. The van der Waals surface area contributed by atoms with Crippen molar-refractivity contribution < 1.29 is 13.2 Å². The Morgan fingerprint density at radius 1 is 1.06 bits per heavy atom. The number of hydrogen-bond acceptors (Lipinski definition) is 4. The van der Waals surface area contributed by atoms with E-state index in [0.717, 1.165) is 25.7 Å². The zero-order valence-corrected chi connectivity index (χ0v) is 11.0. The maximum Gasteiger partial charge on any atom is 0.218 e. The number of ether oxygens (including phenoxy) is 1.